The monoisotopic (exact) mass is 250 g/mol. The number of carbonyl (C=O) groups excluding carboxylic acids is 1. The Morgan fingerprint density at radius 3 is 3.00 bits per heavy atom. The lowest BCUT2D eigenvalue weighted by molar-refractivity contribution is 0.0669. The molecule has 0 spiro atoms. The topological polar surface area (TPSA) is 75.8 Å². The number of hydrogen-bond acceptors (Lipinski definition) is 4. The third kappa shape index (κ3) is 2.73. The van der Waals surface area contributed by atoms with Gasteiger partial charge in [-0.3, -0.25) is 4.90 Å². The molecule has 0 aromatic heterocycles. The molecule has 1 amide bonds. The van der Waals surface area contributed by atoms with Gasteiger partial charge in [0.25, 0.3) is 0 Å². The van der Waals surface area contributed by atoms with E-state index in [-0.39, 0.29) is 11.8 Å². The smallest absolute Gasteiger partial charge is 0.410 e. The molecule has 0 bridgehead atoms. The molecule has 0 radical (unpaired) electrons. The van der Waals surface area contributed by atoms with E-state index in [4.69, 9.17) is 10.5 Å². The van der Waals surface area contributed by atoms with Crippen LogP contribution < -0.4 is 5.73 Å². The van der Waals surface area contributed by atoms with Crippen LogP contribution in [0.1, 0.15) is 18.9 Å². The van der Waals surface area contributed by atoms with Gasteiger partial charge in [0.05, 0.1) is 6.54 Å². The molecule has 2 rings (SSSR count). The SMILES string of the molecule is CC1(CCN)CN(Cc2cccc(O)c2)C(=O)O1. The quantitative estimate of drug-likeness (QED) is 0.848. The van der Waals surface area contributed by atoms with Crippen molar-refractivity contribution in [1.29, 1.82) is 0 Å². The van der Waals surface area contributed by atoms with Crippen molar-refractivity contribution in [1.82, 2.24) is 4.90 Å². The minimum absolute atomic E-state index is 0.199. The van der Waals surface area contributed by atoms with E-state index in [0.717, 1.165) is 5.56 Å². The Hall–Kier alpha value is -1.75. The molecule has 5 heteroatoms. The lowest BCUT2D eigenvalue weighted by Crippen LogP contribution is -2.33. The van der Waals surface area contributed by atoms with Crippen LogP contribution in [0.4, 0.5) is 4.79 Å². The van der Waals surface area contributed by atoms with E-state index in [2.05, 4.69) is 0 Å². The van der Waals surface area contributed by atoms with Crippen LogP contribution >= 0.6 is 0 Å². The molecular formula is C13H18N2O3. The fraction of sp³-hybridized carbons (Fsp3) is 0.462. The maximum atomic E-state index is 11.8. The highest BCUT2D eigenvalue weighted by atomic mass is 16.6. The van der Waals surface area contributed by atoms with Crippen LogP contribution in [0.5, 0.6) is 5.75 Å². The van der Waals surface area contributed by atoms with Gasteiger partial charge in [-0.25, -0.2) is 4.79 Å². The number of benzene rings is 1. The first-order valence-electron chi connectivity index (χ1n) is 5.98. The van der Waals surface area contributed by atoms with Gasteiger partial charge in [0, 0.05) is 13.0 Å². The number of nitrogens with two attached hydrogens (primary N) is 1. The molecular weight excluding hydrogens is 232 g/mol. The van der Waals surface area contributed by atoms with Crippen molar-refractivity contribution in [3.8, 4) is 5.75 Å². The molecule has 1 saturated heterocycles. The summed E-state index contributed by atoms with van der Waals surface area (Å²) in [6.07, 6.45) is 0.323. The van der Waals surface area contributed by atoms with E-state index in [1.165, 1.54) is 0 Å². The van der Waals surface area contributed by atoms with E-state index in [1.54, 1.807) is 23.1 Å². The number of amides is 1. The second-order valence-electron chi connectivity index (χ2n) is 4.88. The molecule has 1 aliphatic rings. The zero-order valence-corrected chi connectivity index (χ0v) is 10.4. The molecule has 18 heavy (non-hydrogen) atoms. The molecule has 5 nitrogen and oxygen atoms in total. The van der Waals surface area contributed by atoms with Gasteiger partial charge in [-0.2, -0.15) is 0 Å². The number of rotatable bonds is 4. The van der Waals surface area contributed by atoms with Crippen LogP contribution in [0.15, 0.2) is 24.3 Å². The summed E-state index contributed by atoms with van der Waals surface area (Å²) in [5.41, 5.74) is 5.90. The van der Waals surface area contributed by atoms with Crippen molar-refractivity contribution in [2.24, 2.45) is 5.73 Å². The van der Waals surface area contributed by atoms with Crippen molar-refractivity contribution in [2.75, 3.05) is 13.1 Å². The fourth-order valence-corrected chi connectivity index (χ4v) is 2.21. The van der Waals surface area contributed by atoms with Gasteiger partial charge in [-0.15, -0.1) is 0 Å². The zero-order chi connectivity index (χ0) is 13.2. The van der Waals surface area contributed by atoms with Crippen molar-refractivity contribution in [3.63, 3.8) is 0 Å². The number of nitrogens with zero attached hydrogens (tertiary/aromatic N) is 1. The van der Waals surface area contributed by atoms with Crippen LogP contribution in [-0.2, 0) is 11.3 Å². The second-order valence-corrected chi connectivity index (χ2v) is 4.88. The number of phenolic OH excluding ortho intramolecular Hbond substituents is 1. The predicted molar refractivity (Wildman–Crippen MR) is 67.1 cm³/mol. The standard InChI is InChI=1S/C13H18N2O3/c1-13(5-6-14)9-15(12(17)18-13)8-10-3-2-4-11(16)7-10/h2-4,7,16H,5-6,8-9,14H2,1H3. The lowest BCUT2D eigenvalue weighted by atomic mass is 10.0. The molecule has 0 saturated carbocycles. The lowest BCUT2D eigenvalue weighted by Gasteiger charge is -2.20. The van der Waals surface area contributed by atoms with E-state index < -0.39 is 5.60 Å². The molecule has 1 aromatic carbocycles. The van der Waals surface area contributed by atoms with E-state index in [1.807, 2.05) is 13.0 Å². The van der Waals surface area contributed by atoms with E-state index >= 15 is 0 Å². The van der Waals surface area contributed by atoms with Gasteiger partial charge in [0.1, 0.15) is 11.4 Å². The molecule has 1 heterocycles. The number of phenols is 1. The summed E-state index contributed by atoms with van der Waals surface area (Å²) in [4.78, 5) is 13.4. The first-order chi connectivity index (χ1) is 8.52. The summed E-state index contributed by atoms with van der Waals surface area (Å²) < 4.78 is 5.35. The summed E-state index contributed by atoms with van der Waals surface area (Å²) in [7, 11) is 0. The number of hydrogen-bond donors (Lipinski definition) is 2. The largest absolute Gasteiger partial charge is 0.508 e. The average molecular weight is 250 g/mol. The Balaban J connectivity index is 2.05. The van der Waals surface area contributed by atoms with Gasteiger partial charge < -0.3 is 15.6 Å². The van der Waals surface area contributed by atoms with E-state index in [9.17, 15) is 9.90 Å². The molecule has 1 unspecified atom stereocenters. The van der Waals surface area contributed by atoms with Gasteiger partial charge in [-0.05, 0) is 31.2 Å². The van der Waals surface area contributed by atoms with Gasteiger partial charge in [-0.1, -0.05) is 12.1 Å². The summed E-state index contributed by atoms with van der Waals surface area (Å²) in [5.74, 6) is 0.199. The van der Waals surface area contributed by atoms with E-state index in [0.29, 0.717) is 26.1 Å². The number of carbonyl (C=O) groups is 1. The molecule has 3 N–H and O–H groups in total. The summed E-state index contributed by atoms with van der Waals surface area (Å²) in [6, 6.07) is 6.87. The summed E-state index contributed by atoms with van der Waals surface area (Å²) >= 11 is 0. The fourth-order valence-electron chi connectivity index (χ4n) is 2.21. The summed E-state index contributed by atoms with van der Waals surface area (Å²) in [5, 5.41) is 9.39. The molecule has 1 aromatic rings. The Bertz CT molecular complexity index is 450. The van der Waals surface area contributed by atoms with Crippen molar-refractivity contribution >= 4 is 6.09 Å². The normalized spacial score (nSPS) is 23.2. The van der Waals surface area contributed by atoms with Crippen LogP contribution in [0.2, 0.25) is 0 Å². The Kier molecular flexibility index (Phi) is 3.43. The third-order valence-corrected chi connectivity index (χ3v) is 3.07. The van der Waals surface area contributed by atoms with Gasteiger partial charge >= 0.3 is 6.09 Å². The van der Waals surface area contributed by atoms with Crippen LogP contribution in [0.3, 0.4) is 0 Å². The minimum atomic E-state index is -0.497. The second kappa shape index (κ2) is 4.86. The number of ether oxygens (including phenoxy) is 1. The van der Waals surface area contributed by atoms with Crippen LogP contribution in [-0.4, -0.2) is 34.8 Å². The van der Waals surface area contributed by atoms with Crippen molar-refractivity contribution in [2.45, 2.75) is 25.5 Å². The molecule has 1 aliphatic heterocycles. The maximum absolute atomic E-state index is 11.8. The molecule has 1 atom stereocenters. The zero-order valence-electron chi connectivity index (χ0n) is 10.4. The summed E-state index contributed by atoms with van der Waals surface area (Å²) in [6.45, 7) is 3.34. The Labute approximate surface area is 106 Å². The highest BCUT2D eigenvalue weighted by Crippen LogP contribution is 2.27. The number of aromatic hydroxyl groups is 1. The van der Waals surface area contributed by atoms with Gasteiger partial charge in [0.15, 0.2) is 0 Å². The minimum Gasteiger partial charge on any atom is -0.508 e. The highest BCUT2D eigenvalue weighted by Gasteiger charge is 2.40. The number of cyclic esters (lactones) is 1. The Morgan fingerprint density at radius 2 is 2.33 bits per heavy atom. The molecule has 1 fully saturated rings. The Morgan fingerprint density at radius 1 is 1.56 bits per heavy atom. The predicted octanol–water partition coefficient (Wildman–Crippen LogP) is 1.45. The maximum Gasteiger partial charge on any atom is 0.410 e. The van der Waals surface area contributed by atoms with Crippen LogP contribution in [0, 0.1) is 0 Å². The first-order valence-corrected chi connectivity index (χ1v) is 5.98. The third-order valence-electron chi connectivity index (χ3n) is 3.07. The molecule has 98 valence electrons. The average Bonchev–Trinajstić information content (AvgIpc) is 2.54. The van der Waals surface area contributed by atoms with Crippen molar-refractivity contribution in [3.05, 3.63) is 29.8 Å². The highest BCUT2D eigenvalue weighted by molar-refractivity contribution is 5.70. The van der Waals surface area contributed by atoms with Crippen molar-refractivity contribution < 1.29 is 14.6 Å². The van der Waals surface area contributed by atoms with Crippen LogP contribution in [0.25, 0.3) is 0 Å². The van der Waals surface area contributed by atoms with Gasteiger partial charge in [0.2, 0.25) is 0 Å². The molecule has 0 aliphatic carbocycles. The first kappa shape index (κ1) is 12.7.